The molecule has 0 saturated heterocycles. The van der Waals surface area contributed by atoms with E-state index in [4.69, 9.17) is 11.6 Å². The molecule has 0 aliphatic heterocycles. The second-order valence-electron chi connectivity index (χ2n) is 7.33. The molecular formula is C21H21ClN4O2. The summed E-state index contributed by atoms with van der Waals surface area (Å²) in [7, 11) is 0. The number of hydrogen-bond acceptors (Lipinski definition) is 4. The van der Waals surface area contributed by atoms with Gasteiger partial charge in [-0.05, 0) is 36.6 Å². The molecule has 1 N–H and O–H groups in total. The molecule has 28 heavy (non-hydrogen) atoms. The summed E-state index contributed by atoms with van der Waals surface area (Å²) in [6.45, 7) is 1.05. The van der Waals surface area contributed by atoms with Crippen LogP contribution in [0.3, 0.4) is 0 Å². The van der Waals surface area contributed by atoms with E-state index in [0.29, 0.717) is 18.1 Å². The molecule has 0 bridgehead atoms. The SMILES string of the molecule is O=C(c1cn(-c2cccc(Cl)c2)nn1)N(Cc1ccccc1)CC1(CO)CC1. The second-order valence-corrected chi connectivity index (χ2v) is 7.77. The van der Waals surface area contributed by atoms with Gasteiger partial charge in [0.05, 0.1) is 18.5 Å². The van der Waals surface area contributed by atoms with Gasteiger partial charge in [0.25, 0.3) is 5.91 Å². The maximum absolute atomic E-state index is 13.2. The Kier molecular flexibility index (Phi) is 5.15. The number of halogens is 1. The maximum Gasteiger partial charge on any atom is 0.276 e. The molecule has 144 valence electrons. The van der Waals surface area contributed by atoms with Crippen LogP contribution in [0.5, 0.6) is 0 Å². The third-order valence-electron chi connectivity index (χ3n) is 5.11. The van der Waals surface area contributed by atoms with E-state index in [1.807, 2.05) is 42.5 Å². The van der Waals surface area contributed by atoms with Crippen molar-refractivity contribution in [2.75, 3.05) is 13.2 Å². The van der Waals surface area contributed by atoms with Gasteiger partial charge in [0.15, 0.2) is 5.69 Å². The van der Waals surface area contributed by atoms with Crippen molar-refractivity contribution in [2.24, 2.45) is 5.41 Å². The van der Waals surface area contributed by atoms with Gasteiger partial charge in [-0.25, -0.2) is 4.68 Å². The lowest BCUT2D eigenvalue weighted by Crippen LogP contribution is -2.37. The van der Waals surface area contributed by atoms with Gasteiger partial charge in [-0.1, -0.05) is 53.2 Å². The molecule has 1 aliphatic rings. The van der Waals surface area contributed by atoms with Gasteiger partial charge in [-0.2, -0.15) is 0 Å². The molecule has 2 aromatic carbocycles. The summed E-state index contributed by atoms with van der Waals surface area (Å²) < 4.78 is 1.54. The van der Waals surface area contributed by atoms with Crippen LogP contribution in [0.15, 0.2) is 60.8 Å². The Morgan fingerprint density at radius 2 is 1.96 bits per heavy atom. The van der Waals surface area contributed by atoms with E-state index < -0.39 is 0 Å². The van der Waals surface area contributed by atoms with E-state index in [-0.39, 0.29) is 23.6 Å². The van der Waals surface area contributed by atoms with Gasteiger partial charge in [-0.15, -0.1) is 5.10 Å². The van der Waals surface area contributed by atoms with Gasteiger partial charge in [0, 0.05) is 23.5 Å². The first-order chi connectivity index (χ1) is 13.6. The maximum atomic E-state index is 13.2. The number of nitrogens with zero attached hydrogens (tertiary/aromatic N) is 4. The first-order valence-electron chi connectivity index (χ1n) is 9.21. The Morgan fingerprint density at radius 1 is 1.18 bits per heavy atom. The van der Waals surface area contributed by atoms with Crippen LogP contribution >= 0.6 is 11.6 Å². The largest absolute Gasteiger partial charge is 0.396 e. The van der Waals surface area contributed by atoms with E-state index >= 15 is 0 Å². The topological polar surface area (TPSA) is 71.2 Å². The minimum absolute atomic E-state index is 0.0841. The standard InChI is InChI=1S/C21H21ClN4O2/c22-17-7-4-8-18(11-17)26-13-19(23-24-26)20(28)25(14-21(15-27)9-10-21)12-16-5-2-1-3-6-16/h1-8,11,13,27H,9-10,12,14-15H2. The zero-order chi connectivity index (χ0) is 19.6. The average Bonchev–Trinajstić information content (AvgIpc) is 3.31. The van der Waals surface area contributed by atoms with Crippen LogP contribution in [-0.4, -0.2) is 44.1 Å². The van der Waals surface area contributed by atoms with Crippen LogP contribution in [0.4, 0.5) is 0 Å². The van der Waals surface area contributed by atoms with E-state index in [2.05, 4.69) is 10.3 Å². The molecule has 1 aromatic heterocycles. The minimum atomic E-state index is -0.197. The lowest BCUT2D eigenvalue weighted by atomic mass is 10.1. The lowest BCUT2D eigenvalue weighted by Gasteiger charge is -2.26. The summed E-state index contributed by atoms with van der Waals surface area (Å²) in [5.74, 6) is -0.197. The number of aliphatic hydroxyl groups excluding tert-OH is 1. The van der Waals surface area contributed by atoms with Gasteiger partial charge in [-0.3, -0.25) is 4.79 Å². The summed E-state index contributed by atoms with van der Waals surface area (Å²) in [5, 5.41) is 18.5. The molecule has 0 unspecified atom stereocenters. The number of carbonyl (C=O) groups is 1. The van der Waals surface area contributed by atoms with Crippen molar-refractivity contribution in [1.82, 2.24) is 19.9 Å². The summed E-state index contributed by atoms with van der Waals surface area (Å²) in [5.41, 5.74) is 1.85. The molecule has 1 aliphatic carbocycles. The van der Waals surface area contributed by atoms with Crippen molar-refractivity contribution < 1.29 is 9.90 Å². The molecule has 0 spiro atoms. The number of rotatable bonds is 7. The Bertz CT molecular complexity index is 969. The fraction of sp³-hybridized carbons (Fsp3) is 0.286. The number of benzene rings is 2. The van der Waals surface area contributed by atoms with Gasteiger partial charge < -0.3 is 10.0 Å². The predicted molar refractivity (Wildman–Crippen MR) is 106 cm³/mol. The molecule has 4 rings (SSSR count). The van der Waals surface area contributed by atoms with Crippen molar-refractivity contribution in [2.45, 2.75) is 19.4 Å². The van der Waals surface area contributed by atoms with Crippen LogP contribution in [0.2, 0.25) is 5.02 Å². The first kappa shape index (κ1) is 18.7. The summed E-state index contributed by atoms with van der Waals surface area (Å²) >= 11 is 6.04. The van der Waals surface area contributed by atoms with Crippen molar-refractivity contribution in [3.8, 4) is 5.69 Å². The van der Waals surface area contributed by atoms with Crippen LogP contribution in [0.25, 0.3) is 5.69 Å². The normalized spacial score (nSPS) is 14.6. The van der Waals surface area contributed by atoms with E-state index in [9.17, 15) is 9.90 Å². The van der Waals surface area contributed by atoms with Gasteiger partial charge >= 0.3 is 0 Å². The quantitative estimate of drug-likeness (QED) is 0.665. The molecule has 1 amide bonds. The second kappa shape index (κ2) is 7.73. The molecule has 1 heterocycles. The smallest absolute Gasteiger partial charge is 0.276 e. The average molecular weight is 397 g/mol. The lowest BCUT2D eigenvalue weighted by molar-refractivity contribution is 0.0660. The zero-order valence-electron chi connectivity index (χ0n) is 15.3. The van der Waals surface area contributed by atoms with E-state index in [1.54, 1.807) is 27.9 Å². The highest BCUT2D eigenvalue weighted by atomic mass is 35.5. The highest BCUT2D eigenvalue weighted by Gasteiger charge is 2.44. The molecule has 3 aromatic rings. The van der Waals surface area contributed by atoms with E-state index in [0.717, 1.165) is 24.1 Å². The minimum Gasteiger partial charge on any atom is -0.396 e. The van der Waals surface area contributed by atoms with Crippen molar-refractivity contribution >= 4 is 17.5 Å². The Balaban J connectivity index is 1.58. The van der Waals surface area contributed by atoms with Crippen molar-refractivity contribution in [3.63, 3.8) is 0 Å². The molecule has 6 nitrogen and oxygen atoms in total. The van der Waals surface area contributed by atoms with E-state index in [1.165, 1.54) is 0 Å². The zero-order valence-corrected chi connectivity index (χ0v) is 16.1. The predicted octanol–water partition coefficient (Wildman–Crippen LogP) is 3.34. The van der Waals surface area contributed by atoms with Crippen molar-refractivity contribution in [3.05, 3.63) is 77.1 Å². The third kappa shape index (κ3) is 4.08. The Morgan fingerprint density at radius 3 is 2.64 bits per heavy atom. The highest BCUT2D eigenvalue weighted by Crippen LogP contribution is 2.46. The number of hydrogen-bond donors (Lipinski definition) is 1. The number of amides is 1. The molecule has 1 fully saturated rings. The summed E-state index contributed by atoms with van der Waals surface area (Å²) in [4.78, 5) is 14.9. The third-order valence-corrected chi connectivity index (χ3v) is 5.34. The Labute approximate surface area is 168 Å². The molecule has 7 heteroatoms. The van der Waals surface area contributed by atoms with Crippen LogP contribution in [0, 0.1) is 5.41 Å². The molecule has 0 atom stereocenters. The fourth-order valence-electron chi connectivity index (χ4n) is 3.22. The number of aliphatic hydroxyl groups is 1. The first-order valence-corrected chi connectivity index (χ1v) is 9.59. The van der Waals surface area contributed by atoms with Crippen LogP contribution < -0.4 is 0 Å². The van der Waals surface area contributed by atoms with Gasteiger partial charge in [0.2, 0.25) is 0 Å². The molecular weight excluding hydrogens is 376 g/mol. The molecule has 0 radical (unpaired) electrons. The highest BCUT2D eigenvalue weighted by molar-refractivity contribution is 6.30. The fourth-order valence-corrected chi connectivity index (χ4v) is 3.40. The number of aromatic nitrogens is 3. The Hall–Kier alpha value is -2.70. The number of carbonyl (C=O) groups excluding carboxylic acids is 1. The molecule has 1 saturated carbocycles. The monoisotopic (exact) mass is 396 g/mol. The van der Waals surface area contributed by atoms with Crippen molar-refractivity contribution in [1.29, 1.82) is 0 Å². The van der Waals surface area contributed by atoms with Crippen LogP contribution in [0.1, 0.15) is 28.9 Å². The summed E-state index contributed by atoms with van der Waals surface area (Å²) in [6.07, 6.45) is 3.47. The summed E-state index contributed by atoms with van der Waals surface area (Å²) in [6, 6.07) is 17.0. The van der Waals surface area contributed by atoms with Crippen LogP contribution in [-0.2, 0) is 6.54 Å². The van der Waals surface area contributed by atoms with Gasteiger partial charge in [0.1, 0.15) is 0 Å².